The summed E-state index contributed by atoms with van der Waals surface area (Å²) < 4.78 is 0. The molecule has 2 N–H and O–H groups in total. The second kappa shape index (κ2) is 3.30. The van der Waals surface area contributed by atoms with Crippen LogP contribution in [0.15, 0.2) is 29.3 Å². The van der Waals surface area contributed by atoms with Crippen molar-refractivity contribution in [1.82, 2.24) is 0 Å². The van der Waals surface area contributed by atoms with Crippen molar-refractivity contribution in [1.29, 1.82) is 0 Å². The van der Waals surface area contributed by atoms with Crippen molar-refractivity contribution >= 4 is 11.4 Å². The highest BCUT2D eigenvalue weighted by Gasteiger charge is 2.14. The van der Waals surface area contributed by atoms with Crippen LogP contribution in [-0.2, 0) is 6.42 Å². The topological polar surface area (TPSA) is 38.4 Å². The number of aliphatic imine (C=N–C) groups is 1. The second-order valence-corrected chi connectivity index (χ2v) is 3.66. The molecular formula is C11H14N2. The standard InChI is InChI=1S/C11H14N2/c1-8(12)6-10-7-9-4-2-3-5-11(9)13-10/h2-5,8H,6-7,12H2,1H3. The lowest BCUT2D eigenvalue weighted by Crippen LogP contribution is -2.19. The normalized spacial score (nSPS) is 16.6. The largest absolute Gasteiger partial charge is 0.328 e. The van der Waals surface area contributed by atoms with E-state index in [0.717, 1.165) is 18.5 Å². The molecule has 2 nitrogen and oxygen atoms in total. The Morgan fingerprint density at radius 2 is 2.23 bits per heavy atom. The highest BCUT2D eigenvalue weighted by molar-refractivity contribution is 5.94. The Morgan fingerprint density at radius 1 is 1.46 bits per heavy atom. The van der Waals surface area contributed by atoms with Crippen LogP contribution in [0, 0.1) is 0 Å². The van der Waals surface area contributed by atoms with Crippen molar-refractivity contribution in [3.63, 3.8) is 0 Å². The number of nitrogens with zero attached hydrogens (tertiary/aromatic N) is 1. The number of hydrogen-bond donors (Lipinski definition) is 1. The third kappa shape index (κ3) is 1.78. The van der Waals surface area contributed by atoms with Crippen LogP contribution in [0.5, 0.6) is 0 Å². The molecule has 0 spiro atoms. The molecule has 13 heavy (non-hydrogen) atoms. The van der Waals surface area contributed by atoms with Gasteiger partial charge in [-0.1, -0.05) is 18.2 Å². The van der Waals surface area contributed by atoms with Gasteiger partial charge >= 0.3 is 0 Å². The van der Waals surface area contributed by atoms with Crippen LogP contribution in [0.1, 0.15) is 18.9 Å². The molecule has 0 fully saturated rings. The Labute approximate surface area is 78.5 Å². The van der Waals surface area contributed by atoms with Crippen molar-refractivity contribution in [2.24, 2.45) is 10.7 Å². The minimum Gasteiger partial charge on any atom is -0.328 e. The predicted octanol–water partition coefficient (Wildman–Crippen LogP) is 2.05. The minimum absolute atomic E-state index is 0.216. The van der Waals surface area contributed by atoms with E-state index in [-0.39, 0.29) is 6.04 Å². The first-order chi connectivity index (χ1) is 6.25. The van der Waals surface area contributed by atoms with Gasteiger partial charge in [0.05, 0.1) is 5.69 Å². The Bertz CT molecular complexity index is 340. The van der Waals surface area contributed by atoms with Crippen molar-refractivity contribution < 1.29 is 0 Å². The number of benzene rings is 1. The molecule has 0 amide bonds. The molecule has 1 aliphatic heterocycles. The van der Waals surface area contributed by atoms with E-state index < -0.39 is 0 Å². The van der Waals surface area contributed by atoms with E-state index in [1.54, 1.807) is 0 Å². The minimum atomic E-state index is 0.216. The van der Waals surface area contributed by atoms with Crippen LogP contribution in [0.25, 0.3) is 0 Å². The van der Waals surface area contributed by atoms with E-state index in [9.17, 15) is 0 Å². The quantitative estimate of drug-likeness (QED) is 0.732. The van der Waals surface area contributed by atoms with Crippen LogP contribution in [0.4, 0.5) is 5.69 Å². The highest BCUT2D eigenvalue weighted by atomic mass is 14.8. The Balaban J connectivity index is 2.17. The maximum atomic E-state index is 5.73. The van der Waals surface area contributed by atoms with Crippen molar-refractivity contribution in [2.45, 2.75) is 25.8 Å². The van der Waals surface area contributed by atoms with Gasteiger partial charge in [0.1, 0.15) is 0 Å². The van der Waals surface area contributed by atoms with Gasteiger partial charge in [-0.15, -0.1) is 0 Å². The van der Waals surface area contributed by atoms with Gasteiger partial charge in [-0.25, -0.2) is 0 Å². The first-order valence-electron chi connectivity index (χ1n) is 4.65. The molecule has 0 saturated heterocycles. The maximum Gasteiger partial charge on any atom is 0.0664 e. The first kappa shape index (κ1) is 8.45. The summed E-state index contributed by atoms with van der Waals surface area (Å²) in [7, 11) is 0. The SMILES string of the molecule is CC(N)CC1=Nc2ccccc2C1. The number of hydrogen-bond acceptors (Lipinski definition) is 2. The molecule has 0 saturated carbocycles. The lowest BCUT2D eigenvalue weighted by Gasteiger charge is -2.02. The molecule has 1 aliphatic rings. The van der Waals surface area contributed by atoms with Gasteiger partial charge in [0.15, 0.2) is 0 Å². The van der Waals surface area contributed by atoms with Crippen LogP contribution in [-0.4, -0.2) is 11.8 Å². The van der Waals surface area contributed by atoms with Crippen LogP contribution >= 0.6 is 0 Å². The molecule has 68 valence electrons. The Morgan fingerprint density at radius 3 is 2.92 bits per heavy atom. The highest BCUT2D eigenvalue weighted by Crippen LogP contribution is 2.26. The van der Waals surface area contributed by atoms with Gasteiger partial charge in [0.2, 0.25) is 0 Å². The molecule has 2 heteroatoms. The summed E-state index contributed by atoms with van der Waals surface area (Å²) in [6.07, 6.45) is 1.90. The molecule has 0 radical (unpaired) electrons. The van der Waals surface area contributed by atoms with Gasteiger partial charge < -0.3 is 5.73 Å². The molecule has 1 atom stereocenters. The zero-order chi connectivity index (χ0) is 9.26. The molecule has 0 aliphatic carbocycles. The fourth-order valence-corrected chi connectivity index (χ4v) is 1.69. The molecule has 1 aromatic carbocycles. The van der Waals surface area contributed by atoms with Crippen molar-refractivity contribution in [2.75, 3.05) is 0 Å². The van der Waals surface area contributed by atoms with E-state index >= 15 is 0 Å². The van der Waals surface area contributed by atoms with E-state index in [4.69, 9.17) is 5.73 Å². The molecule has 1 heterocycles. The second-order valence-electron chi connectivity index (χ2n) is 3.66. The van der Waals surface area contributed by atoms with Gasteiger partial charge in [-0.05, 0) is 18.6 Å². The summed E-state index contributed by atoms with van der Waals surface area (Å²) in [6.45, 7) is 2.02. The smallest absolute Gasteiger partial charge is 0.0664 e. The fraction of sp³-hybridized carbons (Fsp3) is 0.364. The molecule has 0 bridgehead atoms. The predicted molar refractivity (Wildman–Crippen MR) is 55.5 cm³/mol. The number of nitrogens with two attached hydrogens (primary N) is 1. The average Bonchev–Trinajstić information content (AvgIpc) is 2.44. The number of para-hydroxylation sites is 1. The summed E-state index contributed by atoms with van der Waals surface area (Å²) in [6, 6.07) is 8.49. The van der Waals surface area contributed by atoms with Gasteiger partial charge in [-0.2, -0.15) is 0 Å². The van der Waals surface area contributed by atoms with Crippen LogP contribution < -0.4 is 5.73 Å². The lowest BCUT2D eigenvalue weighted by molar-refractivity contribution is 0.774. The van der Waals surface area contributed by atoms with Crippen molar-refractivity contribution in [3.05, 3.63) is 29.8 Å². The van der Waals surface area contributed by atoms with Crippen LogP contribution in [0.3, 0.4) is 0 Å². The Kier molecular flexibility index (Phi) is 2.15. The van der Waals surface area contributed by atoms with E-state index in [0.29, 0.717) is 0 Å². The molecule has 2 rings (SSSR count). The summed E-state index contributed by atoms with van der Waals surface area (Å²) >= 11 is 0. The third-order valence-corrected chi connectivity index (χ3v) is 2.22. The van der Waals surface area contributed by atoms with Crippen molar-refractivity contribution in [3.8, 4) is 0 Å². The molecular weight excluding hydrogens is 160 g/mol. The Hall–Kier alpha value is -1.15. The third-order valence-electron chi connectivity index (χ3n) is 2.22. The monoisotopic (exact) mass is 174 g/mol. The van der Waals surface area contributed by atoms with Crippen LogP contribution in [0.2, 0.25) is 0 Å². The molecule has 0 aromatic heterocycles. The van der Waals surface area contributed by atoms with E-state index in [2.05, 4.69) is 23.2 Å². The zero-order valence-corrected chi connectivity index (χ0v) is 7.83. The van der Waals surface area contributed by atoms with E-state index in [1.165, 1.54) is 11.3 Å². The summed E-state index contributed by atoms with van der Waals surface area (Å²) in [5.74, 6) is 0. The fourth-order valence-electron chi connectivity index (χ4n) is 1.69. The number of fused-ring (bicyclic) bond motifs is 1. The maximum absolute atomic E-state index is 5.73. The number of rotatable bonds is 2. The molecule has 1 unspecified atom stereocenters. The summed E-state index contributed by atoms with van der Waals surface area (Å²) in [5, 5.41) is 0. The van der Waals surface area contributed by atoms with Gasteiger partial charge in [0, 0.05) is 24.6 Å². The lowest BCUT2D eigenvalue weighted by atomic mass is 10.1. The zero-order valence-electron chi connectivity index (χ0n) is 7.83. The van der Waals surface area contributed by atoms with Gasteiger partial charge in [-0.3, -0.25) is 4.99 Å². The summed E-state index contributed by atoms with van der Waals surface area (Å²) in [5.41, 5.74) is 9.40. The first-order valence-corrected chi connectivity index (χ1v) is 4.65. The summed E-state index contributed by atoms with van der Waals surface area (Å²) in [4.78, 5) is 4.53. The van der Waals surface area contributed by atoms with Gasteiger partial charge in [0.25, 0.3) is 0 Å². The molecule has 1 aromatic rings. The van der Waals surface area contributed by atoms with E-state index in [1.807, 2.05) is 13.0 Å². The average molecular weight is 174 g/mol.